The molecule has 118 valence electrons. The third-order valence-corrected chi connectivity index (χ3v) is 4.17. The van der Waals surface area contributed by atoms with E-state index in [0.717, 1.165) is 17.0 Å². The number of anilines is 1. The molecule has 8 heteroatoms. The number of rotatable bonds is 3. The van der Waals surface area contributed by atoms with Gasteiger partial charge in [-0.2, -0.15) is 5.10 Å². The fraction of sp³-hybridized carbons (Fsp3) is 0.571. The lowest BCUT2D eigenvalue weighted by atomic mass is 9.93. The van der Waals surface area contributed by atoms with Gasteiger partial charge in [-0.25, -0.2) is 4.63 Å². The minimum absolute atomic E-state index is 0.135. The SMILES string of the molecule is Cc1nonc1NC(=O)[C@H]1CCO[C@@H]1c1c(C)nn(C)c1C. The van der Waals surface area contributed by atoms with Crippen molar-refractivity contribution in [3.63, 3.8) is 0 Å². The number of hydrogen-bond acceptors (Lipinski definition) is 6. The van der Waals surface area contributed by atoms with Crippen LogP contribution in [0.3, 0.4) is 0 Å². The van der Waals surface area contributed by atoms with Crippen LogP contribution >= 0.6 is 0 Å². The molecule has 2 atom stereocenters. The fourth-order valence-electron chi connectivity index (χ4n) is 2.90. The molecule has 0 aliphatic carbocycles. The van der Waals surface area contributed by atoms with Crippen LogP contribution in [0.4, 0.5) is 5.82 Å². The molecule has 0 unspecified atom stereocenters. The maximum atomic E-state index is 12.6. The van der Waals surface area contributed by atoms with E-state index in [9.17, 15) is 4.79 Å². The van der Waals surface area contributed by atoms with Crippen molar-refractivity contribution in [2.75, 3.05) is 11.9 Å². The van der Waals surface area contributed by atoms with E-state index in [1.807, 2.05) is 25.6 Å². The summed E-state index contributed by atoms with van der Waals surface area (Å²) >= 11 is 0. The van der Waals surface area contributed by atoms with Crippen LogP contribution in [0.5, 0.6) is 0 Å². The Morgan fingerprint density at radius 2 is 2.05 bits per heavy atom. The maximum Gasteiger partial charge on any atom is 0.231 e. The number of carbonyl (C=O) groups excluding carboxylic acids is 1. The van der Waals surface area contributed by atoms with E-state index >= 15 is 0 Å². The molecule has 1 fully saturated rings. The summed E-state index contributed by atoms with van der Waals surface area (Å²) in [6.07, 6.45) is 0.378. The van der Waals surface area contributed by atoms with Gasteiger partial charge in [0, 0.05) is 24.9 Å². The van der Waals surface area contributed by atoms with E-state index in [-0.39, 0.29) is 17.9 Å². The smallest absolute Gasteiger partial charge is 0.231 e. The molecule has 0 saturated carbocycles. The quantitative estimate of drug-likeness (QED) is 0.922. The van der Waals surface area contributed by atoms with E-state index in [1.165, 1.54) is 0 Å². The molecule has 0 radical (unpaired) electrons. The predicted octanol–water partition coefficient (Wildman–Crippen LogP) is 1.44. The minimum atomic E-state index is -0.283. The highest BCUT2D eigenvalue weighted by Crippen LogP contribution is 2.38. The molecule has 0 aromatic carbocycles. The highest BCUT2D eigenvalue weighted by molar-refractivity contribution is 5.92. The zero-order valence-corrected chi connectivity index (χ0v) is 13.1. The van der Waals surface area contributed by atoms with E-state index in [2.05, 4.69) is 25.4 Å². The van der Waals surface area contributed by atoms with Crippen LogP contribution in [-0.2, 0) is 16.6 Å². The minimum Gasteiger partial charge on any atom is -0.373 e. The first-order valence-corrected chi connectivity index (χ1v) is 7.20. The van der Waals surface area contributed by atoms with Crippen LogP contribution in [0.2, 0.25) is 0 Å². The van der Waals surface area contributed by atoms with E-state index < -0.39 is 0 Å². The van der Waals surface area contributed by atoms with Crippen LogP contribution < -0.4 is 5.32 Å². The van der Waals surface area contributed by atoms with Crippen LogP contribution in [0.25, 0.3) is 0 Å². The maximum absolute atomic E-state index is 12.6. The molecule has 8 nitrogen and oxygen atoms in total. The summed E-state index contributed by atoms with van der Waals surface area (Å²) in [5.41, 5.74) is 3.46. The van der Waals surface area contributed by atoms with Crippen molar-refractivity contribution in [3.8, 4) is 0 Å². The number of aryl methyl sites for hydroxylation is 3. The van der Waals surface area contributed by atoms with Gasteiger partial charge in [0.1, 0.15) is 5.69 Å². The van der Waals surface area contributed by atoms with Crippen molar-refractivity contribution >= 4 is 11.7 Å². The molecular weight excluding hydrogens is 286 g/mol. The molecule has 22 heavy (non-hydrogen) atoms. The van der Waals surface area contributed by atoms with Gasteiger partial charge in [0.2, 0.25) is 5.91 Å². The number of nitrogens with one attached hydrogen (secondary N) is 1. The molecule has 1 amide bonds. The van der Waals surface area contributed by atoms with Gasteiger partial charge in [0.05, 0.1) is 17.7 Å². The standard InChI is InChI=1S/C14H19N5O3/c1-7-11(9(3)19(4)16-7)12-10(5-6-21-12)14(20)15-13-8(2)17-22-18-13/h10,12H,5-6H2,1-4H3,(H,15,18,20)/t10-,12-/m0/s1. The molecule has 0 spiro atoms. The molecule has 3 heterocycles. The van der Waals surface area contributed by atoms with E-state index in [1.54, 1.807) is 6.92 Å². The number of nitrogens with zero attached hydrogens (tertiary/aromatic N) is 4. The Labute approximate surface area is 127 Å². The van der Waals surface area contributed by atoms with Crippen LogP contribution in [0, 0.1) is 26.7 Å². The second-order valence-corrected chi connectivity index (χ2v) is 5.58. The van der Waals surface area contributed by atoms with Gasteiger partial charge in [-0.3, -0.25) is 9.48 Å². The molecule has 1 aliphatic heterocycles. The highest BCUT2D eigenvalue weighted by Gasteiger charge is 2.38. The third-order valence-electron chi connectivity index (χ3n) is 4.17. The van der Waals surface area contributed by atoms with Gasteiger partial charge in [-0.15, -0.1) is 0 Å². The second-order valence-electron chi connectivity index (χ2n) is 5.58. The van der Waals surface area contributed by atoms with Gasteiger partial charge in [0.25, 0.3) is 0 Å². The van der Waals surface area contributed by atoms with E-state index in [0.29, 0.717) is 24.5 Å². The summed E-state index contributed by atoms with van der Waals surface area (Å²) in [6.45, 7) is 6.19. The van der Waals surface area contributed by atoms with Crippen molar-refractivity contribution in [2.24, 2.45) is 13.0 Å². The molecular formula is C14H19N5O3. The predicted molar refractivity (Wildman–Crippen MR) is 77.1 cm³/mol. The van der Waals surface area contributed by atoms with Crippen LogP contribution in [0.1, 0.15) is 35.2 Å². The Morgan fingerprint density at radius 3 is 2.64 bits per heavy atom. The lowest BCUT2D eigenvalue weighted by Gasteiger charge is -2.18. The monoisotopic (exact) mass is 305 g/mol. The highest BCUT2D eigenvalue weighted by atomic mass is 16.6. The second kappa shape index (κ2) is 5.53. The van der Waals surface area contributed by atoms with Gasteiger partial charge in [-0.05, 0) is 32.3 Å². The first kappa shape index (κ1) is 14.7. The summed E-state index contributed by atoms with van der Waals surface area (Å²) in [6, 6.07) is 0. The van der Waals surface area contributed by atoms with Crippen molar-refractivity contribution in [1.29, 1.82) is 0 Å². The van der Waals surface area contributed by atoms with Gasteiger partial charge < -0.3 is 10.1 Å². The Hall–Kier alpha value is -2.22. The summed E-state index contributed by atoms with van der Waals surface area (Å²) in [5, 5.41) is 14.5. The Kier molecular flexibility index (Phi) is 3.69. The zero-order valence-electron chi connectivity index (χ0n) is 13.1. The van der Waals surface area contributed by atoms with E-state index in [4.69, 9.17) is 4.74 Å². The topological polar surface area (TPSA) is 95.1 Å². The fourth-order valence-corrected chi connectivity index (χ4v) is 2.90. The van der Waals surface area contributed by atoms with Crippen LogP contribution in [0.15, 0.2) is 4.63 Å². The molecule has 3 rings (SSSR count). The first-order valence-electron chi connectivity index (χ1n) is 7.20. The summed E-state index contributed by atoms with van der Waals surface area (Å²) in [7, 11) is 1.89. The average molecular weight is 305 g/mol. The number of hydrogen-bond donors (Lipinski definition) is 1. The van der Waals surface area contributed by atoms with Crippen molar-refractivity contribution in [1.82, 2.24) is 20.1 Å². The molecule has 1 N–H and O–H groups in total. The molecule has 0 bridgehead atoms. The normalized spacial score (nSPS) is 21.3. The first-order chi connectivity index (χ1) is 10.5. The van der Waals surface area contributed by atoms with Gasteiger partial charge in [0.15, 0.2) is 5.82 Å². The number of ether oxygens (including phenoxy) is 1. The van der Waals surface area contributed by atoms with Gasteiger partial charge >= 0.3 is 0 Å². The summed E-state index contributed by atoms with van der Waals surface area (Å²) in [4.78, 5) is 12.6. The van der Waals surface area contributed by atoms with Gasteiger partial charge in [-0.1, -0.05) is 5.16 Å². The number of carbonyl (C=O) groups is 1. The summed E-state index contributed by atoms with van der Waals surface area (Å²) in [5.74, 6) is -0.0584. The third kappa shape index (κ3) is 2.39. The van der Waals surface area contributed by atoms with Crippen LogP contribution in [-0.4, -0.2) is 32.6 Å². The number of amides is 1. The number of aromatic nitrogens is 4. The lowest BCUT2D eigenvalue weighted by Crippen LogP contribution is -2.26. The van der Waals surface area contributed by atoms with Crippen molar-refractivity contribution < 1.29 is 14.2 Å². The molecule has 2 aromatic rings. The lowest BCUT2D eigenvalue weighted by molar-refractivity contribution is -0.121. The molecule has 1 saturated heterocycles. The van der Waals surface area contributed by atoms with Crippen molar-refractivity contribution in [2.45, 2.75) is 33.3 Å². The average Bonchev–Trinajstić information content (AvgIpc) is 3.13. The Morgan fingerprint density at radius 1 is 1.27 bits per heavy atom. The summed E-state index contributed by atoms with van der Waals surface area (Å²) < 4.78 is 12.2. The van der Waals surface area contributed by atoms with Crippen molar-refractivity contribution in [3.05, 3.63) is 22.6 Å². The molecule has 1 aliphatic rings. The zero-order chi connectivity index (χ0) is 15.9. The Bertz CT molecular complexity index is 705. The largest absolute Gasteiger partial charge is 0.373 e. The molecule has 2 aromatic heterocycles. The Balaban J connectivity index is 1.84.